The van der Waals surface area contributed by atoms with Crippen LogP contribution >= 0.6 is 0 Å². The number of nitrogens with zero attached hydrogens (tertiary/aromatic N) is 3. The second kappa shape index (κ2) is 6.40. The zero-order valence-electron chi connectivity index (χ0n) is 9.80. The summed E-state index contributed by atoms with van der Waals surface area (Å²) >= 11 is 0. The highest BCUT2D eigenvalue weighted by Crippen LogP contribution is 2.10. The molecule has 0 aliphatic carbocycles. The molecule has 5 N–H and O–H groups in total. The SMILES string of the molecule is C[C@@H](O)[C@@H](CO)O[C@H](CO)n1cnc(N)nc1=O. The molecule has 9 nitrogen and oxygen atoms in total. The molecule has 1 aromatic rings. The Hall–Kier alpha value is -1.55. The highest BCUT2D eigenvalue weighted by molar-refractivity contribution is 5.09. The van der Waals surface area contributed by atoms with Crippen molar-refractivity contribution in [3.63, 3.8) is 0 Å². The molecule has 1 rings (SSSR count). The van der Waals surface area contributed by atoms with E-state index in [0.29, 0.717) is 0 Å². The molecule has 0 unspecified atom stereocenters. The van der Waals surface area contributed by atoms with Crippen LogP contribution in [0.1, 0.15) is 13.2 Å². The number of rotatable bonds is 6. The van der Waals surface area contributed by atoms with Crippen LogP contribution in [0.4, 0.5) is 5.95 Å². The predicted molar refractivity (Wildman–Crippen MR) is 60.5 cm³/mol. The number of anilines is 1. The molecule has 0 aromatic carbocycles. The van der Waals surface area contributed by atoms with Gasteiger partial charge in [0.2, 0.25) is 5.95 Å². The fourth-order valence-corrected chi connectivity index (χ4v) is 1.26. The van der Waals surface area contributed by atoms with E-state index in [9.17, 15) is 9.90 Å². The van der Waals surface area contributed by atoms with Crippen molar-refractivity contribution in [1.82, 2.24) is 14.5 Å². The van der Waals surface area contributed by atoms with E-state index in [2.05, 4.69) is 9.97 Å². The zero-order chi connectivity index (χ0) is 13.7. The quantitative estimate of drug-likeness (QED) is 0.438. The first-order chi connectivity index (χ1) is 8.49. The molecule has 0 fully saturated rings. The summed E-state index contributed by atoms with van der Waals surface area (Å²) in [5.41, 5.74) is 4.48. The van der Waals surface area contributed by atoms with Crippen molar-refractivity contribution in [1.29, 1.82) is 0 Å². The Balaban J connectivity index is 2.92. The van der Waals surface area contributed by atoms with Gasteiger partial charge in [-0.1, -0.05) is 0 Å². The molecule has 1 aromatic heterocycles. The minimum atomic E-state index is -1.11. The molecule has 0 bridgehead atoms. The van der Waals surface area contributed by atoms with Gasteiger partial charge in [-0.15, -0.1) is 0 Å². The predicted octanol–water partition coefficient (Wildman–Crippen LogP) is -2.53. The summed E-state index contributed by atoms with van der Waals surface area (Å²) < 4.78 is 6.13. The zero-order valence-corrected chi connectivity index (χ0v) is 9.80. The van der Waals surface area contributed by atoms with Gasteiger partial charge < -0.3 is 25.8 Å². The molecule has 0 radical (unpaired) electrons. The van der Waals surface area contributed by atoms with Gasteiger partial charge in [0.1, 0.15) is 12.4 Å². The van der Waals surface area contributed by atoms with Gasteiger partial charge in [-0.25, -0.2) is 9.78 Å². The van der Waals surface area contributed by atoms with Crippen molar-refractivity contribution in [2.24, 2.45) is 0 Å². The number of nitrogen functional groups attached to an aromatic ring is 1. The van der Waals surface area contributed by atoms with E-state index in [1.807, 2.05) is 0 Å². The van der Waals surface area contributed by atoms with Gasteiger partial charge in [0.25, 0.3) is 0 Å². The van der Waals surface area contributed by atoms with E-state index in [0.717, 1.165) is 10.9 Å². The Morgan fingerprint density at radius 1 is 1.50 bits per heavy atom. The van der Waals surface area contributed by atoms with Gasteiger partial charge in [-0.2, -0.15) is 4.98 Å². The molecule has 102 valence electrons. The topological polar surface area (TPSA) is 144 Å². The van der Waals surface area contributed by atoms with Crippen LogP contribution in [-0.2, 0) is 4.74 Å². The highest BCUT2D eigenvalue weighted by atomic mass is 16.5. The largest absolute Gasteiger partial charge is 0.394 e. The molecule has 0 aliphatic heterocycles. The molecule has 1 heterocycles. The monoisotopic (exact) mass is 260 g/mol. The molecule has 0 saturated carbocycles. The number of ether oxygens (including phenoxy) is 1. The lowest BCUT2D eigenvalue weighted by Crippen LogP contribution is -2.38. The van der Waals surface area contributed by atoms with E-state index >= 15 is 0 Å². The lowest BCUT2D eigenvalue weighted by molar-refractivity contribution is -0.134. The molecular weight excluding hydrogens is 244 g/mol. The molecule has 9 heteroatoms. The lowest BCUT2D eigenvalue weighted by atomic mass is 10.2. The van der Waals surface area contributed by atoms with Crippen LogP contribution in [0.3, 0.4) is 0 Å². The summed E-state index contributed by atoms with van der Waals surface area (Å²) in [6, 6.07) is 0. The van der Waals surface area contributed by atoms with Gasteiger partial charge >= 0.3 is 5.69 Å². The third kappa shape index (κ3) is 3.47. The van der Waals surface area contributed by atoms with Crippen molar-refractivity contribution in [2.75, 3.05) is 18.9 Å². The molecular formula is C9H16N4O5. The van der Waals surface area contributed by atoms with E-state index in [1.165, 1.54) is 6.92 Å². The average Bonchev–Trinajstić information content (AvgIpc) is 2.31. The van der Waals surface area contributed by atoms with Crippen LogP contribution in [-0.4, -0.2) is 55.3 Å². The Morgan fingerprint density at radius 2 is 2.17 bits per heavy atom. The van der Waals surface area contributed by atoms with Crippen molar-refractivity contribution >= 4 is 5.95 Å². The van der Waals surface area contributed by atoms with Crippen LogP contribution in [0.25, 0.3) is 0 Å². The standard InChI is InChI=1S/C9H16N4O5/c1-5(16)6(2-14)18-7(3-15)13-4-11-8(10)12-9(13)17/h4-7,14-16H,2-3H2,1H3,(H2,10,12,17)/t5-,6-,7-/m1/s1. The van der Waals surface area contributed by atoms with Crippen molar-refractivity contribution in [2.45, 2.75) is 25.4 Å². The molecule has 0 aliphatic rings. The van der Waals surface area contributed by atoms with Gasteiger partial charge in [0.15, 0.2) is 6.23 Å². The van der Waals surface area contributed by atoms with Crippen LogP contribution < -0.4 is 11.4 Å². The fraction of sp³-hybridized carbons (Fsp3) is 0.667. The number of nitrogens with two attached hydrogens (primary N) is 1. The van der Waals surface area contributed by atoms with E-state index in [1.54, 1.807) is 0 Å². The second-order valence-electron chi connectivity index (χ2n) is 3.64. The summed E-state index contributed by atoms with van der Waals surface area (Å²) in [6.07, 6.45) is -1.94. The van der Waals surface area contributed by atoms with Crippen LogP contribution in [0.15, 0.2) is 11.1 Å². The summed E-state index contributed by atoms with van der Waals surface area (Å²) in [7, 11) is 0. The van der Waals surface area contributed by atoms with Gasteiger partial charge in [-0.05, 0) is 6.92 Å². The minimum absolute atomic E-state index is 0.192. The third-order valence-corrected chi connectivity index (χ3v) is 2.26. The smallest absolute Gasteiger partial charge is 0.354 e. The van der Waals surface area contributed by atoms with Crippen molar-refractivity contribution in [3.8, 4) is 0 Å². The minimum Gasteiger partial charge on any atom is -0.394 e. The highest BCUT2D eigenvalue weighted by Gasteiger charge is 2.22. The molecule has 0 amide bonds. The Morgan fingerprint density at radius 3 is 2.61 bits per heavy atom. The van der Waals surface area contributed by atoms with Crippen LogP contribution in [0, 0.1) is 0 Å². The Labute approximate surface area is 102 Å². The molecule has 0 spiro atoms. The summed E-state index contributed by atoms with van der Waals surface area (Å²) in [5, 5.41) is 27.5. The molecule has 3 atom stereocenters. The lowest BCUT2D eigenvalue weighted by Gasteiger charge is -2.24. The number of aliphatic hydroxyl groups excluding tert-OH is 3. The van der Waals surface area contributed by atoms with Gasteiger partial charge in [0.05, 0.1) is 19.3 Å². The maximum atomic E-state index is 11.5. The fourth-order valence-electron chi connectivity index (χ4n) is 1.26. The van der Waals surface area contributed by atoms with Gasteiger partial charge in [0, 0.05) is 0 Å². The number of hydrogen-bond acceptors (Lipinski definition) is 8. The summed E-state index contributed by atoms with van der Waals surface area (Å²) in [6.45, 7) is 0.409. The first kappa shape index (κ1) is 14.5. The summed E-state index contributed by atoms with van der Waals surface area (Å²) in [5.74, 6) is -0.192. The van der Waals surface area contributed by atoms with Gasteiger partial charge in [-0.3, -0.25) is 4.57 Å². The third-order valence-electron chi connectivity index (χ3n) is 2.26. The van der Waals surface area contributed by atoms with E-state index in [-0.39, 0.29) is 5.95 Å². The Bertz CT molecular complexity index is 435. The van der Waals surface area contributed by atoms with E-state index in [4.69, 9.17) is 20.7 Å². The number of aliphatic hydroxyl groups is 3. The van der Waals surface area contributed by atoms with Crippen LogP contribution in [0.2, 0.25) is 0 Å². The maximum absolute atomic E-state index is 11.5. The first-order valence-electron chi connectivity index (χ1n) is 5.25. The Kier molecular flexibility index (Phi) is 5.16. The first-order valence-corrected chi connectivity index (χ1v) is 5.25. The maximum Gasteiger partial charge on any atom is 0.354 e. The number of hydrogen-bond donors (Lipinski definition) is 4. The van der Waals surface area contributed by atoms with Crippen molar-refractivity contribution in [3.05, 3.63) is 16.8 Å². The second-order valence-corrected chi connectivity index (χ2v) is 3.64. The number of aromatic nitrogens is 3. The molecule has 18 heavy (non-hydrogen) atoms. The normalized spacial score (nSPS) is 16.2. The van der Waals surface area contributed by atoms with E-state index < -0.39 is 37.3 Å². The van der Waals surface area contributed by atoms with Crippen LogP contribution in [0.5, 0.6) is 0 Å². The summed E-state index contributed by atoms with van der Waals surface area (Å²) in [4.78, 5) is 18.5. The molecule has 0 saturated heterocycles. The average molecular weight is 260 g/mol. The van der Waals surface area contributed by atoms with Crippen molar-refractivity contribution < 1.29 is 20.1 Å².